The number of nitrogens with one attached hydrogen (secondary N) is 2. The van der Waals surface area contributed by atoms with Gasteiger partial charge in [-0.25, -0.2) is 9.97 Å². The van der Waals surface area contributed by atoms with E-state index in [1.54, 1.807) is 11.3 Å². The standard InChI is InChI=1S/C23H30N6OS/c1-13-19(22-28-20-14(2)24-10-9-18(20)31-22)21(26-17-8-7-15(11-17)12-30)29-23(25-13)27-16-5-3-4-6-16/h9-10,15-17,30H,3-8,11-12H2,1-2H3,(H2,25,26,27,29). The van der Waals surface area contributed by atoms with Gasteiger partial charge in [0.25, 0.3) is 0 Å². The van der Waals surface area contributed by atoms with Crippen molar-refractivity contribution in [1.82, 2.24) is 19.9 Å². The highest BCUT2D eigenvalue weighted by Gasteiger charge is 2.27. The predicted octanol–water partition coefficient (Wildman–Crippen LogP) is 4.69. The Morgan fingerprint density at radius 1 is 1.00 bits per heavy atom. The molecule has 7 nitrogen and oxygen atoms in total. The monoisotopic (exact) mass is 438 g/mol. The van der Waals surface area contributed by atoms with E-state index in [0.29, 0.717) is 23.9 Å². The first-order valence-electron chi connectivity index (χ1n) is 11.4. The molecule has 8 heteroatoms. The van der Waals surface area contributed by atoms with Crippen molar-refractivity contribution in [2.24, 2.45) is 5.92 Å². The lowest BCUT2D eigenvalue weighted by Crippen LogP contribution is -2.21. The summed E-state index contributed by atoms with van der Waals surface area (Å²) in [6, 6.07) is 2.79. The van der Waals surface area contributed by atoms with Gasteiger partial charge in [-0.05, 0) is 57.9 Å². The number of anilines is 2. The highest BCUT2D eigenvalue weighted by molar-refractivity contribution is 7.21. The summed E-state index contributed by atoms with van der Waals surface area (Å²) in [4.78, 5) is 19.1. The maximum atomic E-state index is 9.56. The van der Waals surface area contributed by atoms with Crippen LogP contribution in [0.2, 0.25) is 0 Å². The number of hydrogen-bond acceptors (Lipinski definition) is 8. The number of aromatic nitrogens is 4. The first-order chi connectivity index (χ1) is 15.1. The van der Waals surface area contributed by atoms with Gasteiger partial charge in [-0.3, -0.25) is 4.98 Å². The molecule has 164 valence electrons. The number of rotatable bonds is 6. The van der Waals surface area contributed by atoms with Crippen LogP contribution in [0.1, 0.15) is 56.3 Å². The molecule has 3 N–H and O–H groups in total. The molecule has 0 saturated heterocycles. The summed E-state index contributed by atoms with van der Waals surface area (Å²) >= 11 is 1.66. The van der Waals surface area contributed by atoms with E-state index < -0.39 is 0 Å². The minimum Gasteiger partial charge on any atom is -0.396 e. The summed E-state index contributed by atoms with van der Waals surface area (Å²) < 4.78 is 1.13. The second-order valence-corrected chi connectivity index (χ2v) is 9.98. The largest absolute Gasteiger partial charge is 0.396 e. The molecule has 2 atom stereocenters. The van der Waals surface area contributed by atoms with Crippen LogP contribution in [0.25, 0.3) is 20.8 Å². The molecule has 3 heterocycles. The van der Waals surface area contributed by atoms with Crippen LogP contribution in [0.4, 0.5) is 11.8 Å². The first kappa shape index (κ1) is 20.6. The number of aryl methyl sites for hydroxylation is 2. The smallest absolute Gasteiger partial charge is 0.225 e. The van der Waals surface area contributed by atoms with Crippen LogP contribution in [0.5, 0.6) is 0 Å². The van der Waals surface area contributed by atoms with Crippen LogP contribution in [0.3, 0.4) is 0 Å². The third kappa shape index (κ3) is 4.23. The molecule has 0 aromatic carbocycles. The van der Waals surface area contributed by atoms with Crippen molar-refractivity contribution in [3.05, 3.63) is 23.7 Å². The topological polar surface area (TPSA) is 95.9 Å². The van der Waals surface area contributed by atoms with Crippen LogP contribution in [-0.4, -0.2) is 43.7 Å². The first-order valence-corrected chi connectivity index (χ1v) is 12.2. The number of aliphatic hydroxyl groups excluding tert-OH is 1. The van der Waals surface area contributed by atoms with Crippen molar-refractivity contribution in [1.29, 1.82) is 0 Å². The molecule has 2 aliphatic rings. The van der Waals surface area contributed by atoms with E-state index in [1.807, 2.05) is 26.1 Å². The summed E-state index contributed by atoms with van der Waals surface area (Å²) in [5.41, 5.74) is 3.79. The lowest BCUT2D eigenvalue weighted by Gasteiger charge is -2.19. The minimum atomic E-state index is 0.256. The molecule has 0 spiro atoms. The third-order valence-electron chi connectivity index (χ3n) is 6.62. The zero-order valence-corrected chi connectivity index (χ0v) is 19.0. The summed E-state index contributed by atoms with van der Waals surface area (Å²) in [6.07, 6.45) is 9.79. The van der Waals surface area contributed by atoms with E-state index in [0.717, 1.165) is 57.3 Å². The number of nitrogens with zero attached hydrogens (tertiary/aromatic N) is 4. The predicted molar refractivity (Wildman–Crippen MR) is 126 cm³/mol. The maximum Gasteiger partial charge on any atom is 0.225 e. The zero-order valence-electron chi connectivity index (χ0n) is 18.2. The normalized spacial score (nSPS) is 21.8. The summed E-state index contributed by atoms with van der Waals surface area (Å²) in [7, 11) is 0. The van der Waals surface area contributed by atoms with Crippen molar-refractivity contribution >= 4 is 33.3 Å². The minimum absolute atomic E-state index is 0.256. The fraction of sp³-hybridized carbons (Fsp3) is 0.565. The van der Waals surface area contributed by atoms with E-state index >= 15 is 0 Å². The molecule has 3 aromatic heterocycles. The molecule has 2 saturated carbocycles. The van der Waals surface area contributed by atoms with E-state index in [4.69, 9.17) is 15.0 Å². The maximum absolute atomic E-state index is 9.56. The zero-order chi connectivity index (χ0) is 21.4. The fourth-order valence-electron chi connectivity index (χ4n) is 4.90. The average Bonchev–Trinajstić information content (AvgIpc) is 3.49. The lowest BCUT2D eigenvalue weighted by molar-refractivity contribution is 0.229. The van der Waals surface area contributed by atoms with Gasteiger partial charge >= 0.3 is 0 Å². The van der Waals surface area contributed by atoms with E-state index in [1.165, 1.54) is 25.7 Å². The molecular weight excluding hydrogens is 408 g/mol. The second kappa shape index (κ2) is 8.67. The van der Waals surface area contributed by atoms with Gasteiger partial charge in [0.15, 0.2) is 0 Å². The number of aliphatic hydroxyl groups is 1. The van der Waals surface area contributed by atoms with Crippen LogP contribution < -0.4 is 10.6 Å². The third-order valence-corrected chi connectivity index (χ3v) is 7.66. The molecule has 2 fully saturated rings. The Kier molecular flexibility index (Phi) is 5.75. The highest BCUT2D eigenvalue weighted by Crippen LogP contribution is 2.38. The molecule has 31 heavy (non-hydrogen) atoms. The van der Waals surface area contributed by atoms with Crippen molar-refractivity contribution in [3.8, 4) is 10.6 Å². The molecule has 0 bridgehead atoms. The molecule has 0 amide bonds. The van der Waals surface area contributed by atoms with Crippen LogP contribution >= 0.6 is 11.3 Å². The second-order valence-electron chi connectivity index (χ2n) is 8.95. The summed E-state index contributed by atoms with van der Waals surface area (Å²) in [6.45, 7) is 4.30. The number of fused-ring (bicyclic) bond motifs is 1. The van der Waals surface area contributed by atoms with E-state index in [9.17, 15) is 5.11 Å². The summed E-state index contributed by atoms with van der Waals surface area (Å²) in [5.74, 6) is 1.92. The molecular formula is C23H30N6OS. The SMILES string of the molecule is Cc1nc(NC2CCCC2)nc(NC2CCC(CO)C2)c1-c1nc2c(C)nccc2s1. The van der Waals surface area contributed by atoms with Gasteiger partial charge in [0.1, 0.15) is 16.3 Å². The van der Waals surface area contributed by atoms with Gasteiger partial charge in [-0.2, -0.15) is 4.98 Å². The van der Waals surface area contributed by atoms with E-state index in [2.05, 4.69) is 15.6 Å². The Balaban J connectivity index is 1.53. The van der Waals surface area contributed by atoms with Crippen LogP contribution in [0, 0.1) is 19.8 Å². The molecule has 2 aliphatic carbocycles. The molecule has 2 unspecified atom stereocenters. The lowest BCUT2D eigenvalue weighted by atomic mass is 10.1. The Hall–Kier alpha value is -2.32. The van der Waals surface area contributed by atoms with Crippen molar-refractivity contribution in [2.75, 3.05) is 17.2 Å². The van der Waals surface area contributed by atoms with Gasteiger partial charge in [0.2, 0.25) is 5.95 Å². The van der Waals surface area contributed by atoms with E-state index in [-0.39, 0.29) is 6.61 Å². The molecule has 0 aliphatic heterocycles. The molecule has 5 rings (SSSR count). The highest BCUT2D eigenvalue weighted by atomic mass is 32.1. The van der Waals surface area contributed by atoms with Gasteiger partial charge < -0.3 is 15.7 Å². The quantitative estimate of drug-likeness (QED) is 0.514. The Morgan fingerprint density at radius 3 is 2.58 bits per heavy atom. The van der Waals surface area contributed by atoms with Gasteiger partial charge in [-0.1, -0.05) is 12.8 Å². The van der Waals surface area contributed by atoms with Crippen molar-refractivity contribution in [3.63, 3.8) is 0 Å². The number of pyridine rings is 1. The van der Waals surface area contributed by atoms with Gasteiger partial charge in [-0.15, -0.1) is 11.3 Å². The van der Waals surface area contributed by atoms with Crippen molar-refractivity contribution < 1.29 is 5.11 Å². The number of hydrogen-bond donors (Lipinski definition) is 3. The Bertz CT molecular complexity index is 1080. The van der Waals surface area contributed by atoms with Gasteiger partial charge in [0.05, 0.1) is 21.7 Å². The Morgan fingerprint density at radius 2 is 1.84 bits per heavy atom. The fourth-order valence-corrected chi connectivity index (χ4v) is 6.02. The average molecular weight is 439 g/mol. The molecule has 3 aromatic rings. The van der Waals surface area contributed by atoms with Crippen LogP contribution in [0.15, 0.2) is 12.3 Å². The Labute approximate surface area is 186 Å². The van der Waals surface area contributed by atoms with Gasteiger partial charge in [0, 0.05) is 24.9 Å². The number of thiazole rings is 1. The summed E-state index contributed by atoms with van der Waals surface area (Å²) in [5, 5.41) is 17.7. The molecule has 0 radical (unpaired) electrons. The van der Waals surface area contributed by atoms with Crippen LogP contribution in [-0.2, 0) is 0 Å². The van der Waals surface area contributed by atoms with Crippen molar-refractivity contribution in [2.45, 2.75) is 70.9 Å².